The average Bonchev–Trinajstić information content (AvgIpc) is 2.79. The largest absolute Gasteiger partial charge is 0.457 e. The molecule has 0 saturated heterocycles. The maximum absolute atomic E-state index is 12.9. The number of anilines is 2. The Bertz CT molecular complexity index is 1360. The van der Waals surface area contributed by atoms with E-state index in [1.807, 2.05) is 0 Å². The van der Waals surface area contributed by atoms with Crippen LogP contribution < -0.4 is 20.7 Å². The van der Waals surface area contributed by atoms with Crippen LogP contribution in [0.5, 0.6) is 11.5 Å². The second-order valence-electron chi connectivity index (χ2n) is 6.80. The molecule has 0 aliphatic rings. The summed E-state index contributed by atoms with van der Waals surface area (Å²) in [5.41, 5.74) is -0.547. The molecule has 1 aromatic heterocycles. The van der Waals surface area contributed by atoms with Crippen LogP contribution in [0, 0.1) is 0 Å². The number of halogens is 4. The molecule has 0 radical (unpaired) electrons. The van der Waals surface area contributed by atoms with E-state index in [2.05, 4.69) is 20.9 Å². The first-order valence-electron chi connectivity index (χ1n) is 9.76. The standard InChI is InChI=1S/C21H16ClF3N4O3.H2O4S/c1-26-19(30)18-11-15(8-9-27-18)32-14-5-2-12(3-6-14)28-20(31)29-13-4-7-17(22)16(10-13)21(23,24)25;1-5(2,3)4/h2-11H,1H3,(H,26,30)(H2,28,29,31);(H2,1,2,3,4). The molecule has 11 nitrogen and oxygen atoms in total. The van der Waals surface area contributed by atoms with E-state index < -0.39 is 33.2 Å². The van der Waals surface area contributed by atoms with E-state index in [0.717, 1.165) is 12.1 Å². The van der Waals surface area contributed by atoms with Crippen molar-refractivity contribution in [3.8, 4) is 11.5 Å². The fraction of sp³-hybridized carbons (Fsp3) is 0.0952. The number of nitrogens with zero attached hydrogens (tertiary/aromatic N) is 1. The summed E-state index contributed by atoms with van der Waals surface area (Å²) in [5.74, 6) is 0.460. The van der Waals surface area contributed by atoms with Crippen LogP contribution >= 0.6 is 11.6 Å². The zero-order valence-electron chi connectivity index (χ0n) is 18.6. The smallest absolute Gasteiger partial charge is 0.417 e. The van der Waals surface area contributed by atoms with Crippen molar-refractivity contribution in [1.29, 1.82) is 0 Å². The molecule has 0 atom stereocenters. The first kappa shape index (κ1) is 29.3. The molecule has 2 aromatic carbocycles. The third-order valence-corrected chi connectivity index (χ3v) is 4.40. The molecule has 0 fully saturated rings. The number of amides is 3. The van der Waals surface area contributed by atoms with Gasteiger partial charge in [0.05, 0.1) is 10.6 Å². The number of pyridine rings is 1. The summed E-state index contributed by atoms with van der Waals surface area (Å²) in [6.45, 7) is 0. The Morgan fingerprint density at radius 1 is 0.946 bits per heavy atom. The highest BCUT2D eigenvalue weighted by molar-refractivity contribution is 7.79. The van der Waals surface area contributed by atoms with Gasteiger partial charge < -0.3 is 20.7 Å². The van der Waals surface area contributed by atoms with E-state index >= 15 is 0 Å². The number of hydrogen-bond acceptors (Lipinski definition) is 6. The lowest BCUT2D eigenvalue weighted by Gasteiger charge is -2.12. The summed E-state index contributed by atoms with van der Waals surface area (Å²) in [6.07, 6.45) is -3.21. The van der Waals surface area contributed by atoms with Crippen molar-refractivity contribution in [3.63, 3.8) is 0 Å². The summed E-state index contributed by atoms with van der Waals surface area (Å²) < 4.78 is 76.1. The molecule has 0 saturated carbocycles. The SMILES string of the molecule is CNC(=O)c1cc(Oc2ccc(NC(=O)Nc3ccc(Cl)c(C(F)(F)F)c3)cc2)ccn1.O=S(=O)(O)O. The van der Waals surface area contributed by atoms with Gasteiger partial charge in [0.1, 0.15) is 17.2 Å². The lowest BCUT2D eigenvalue weighted by molar-refractivity contribution is -0.137. The number of urea groups is 1. The quantitative estimate of drug-likeness (QED) is 0.274. The number of carbonyl (C=O) groups excluding carboxylic acids is 2. The van der Waals surface area contributed by atoms with Crippen molar-refractivity contribution in [2.24, 2.45) is 0 Å². The number of aromatic nitrogens is 1. The van der Waals surface area contributed by atoms with E-state index in [1.54, 1.807) is 30.3 Å². The van der Waals surface area contributed by atoms with Crippen LogP contribution in [0.15, 0.2) is 60.8 Å². The molecule has 16 heteroatoms. The normalized spacial score (nSPS) is 11.0. The molecule has 0 aliphatic carbocycles. The summed E-state index contributed by atoms with van der Waals surface area (Å²) in [6, 6.07) is 11.6. The second kappa shape index (κ2) is 12.4. The van der Waals surface area contributed by atoms with E-state index in [-0.39, 0.29) is 17.3 Å². The summed E-state index contributed by atoms with van der Waals surface area (Å²) in [4.78, 5) is 27.7. The van der Waals surface area contributed by atoms with E-state index in [9.17, 15) is 22.8 Å². The number of benzene rings is 2. The molecule has 0 spiro atoms. The number of alkyl halides is 3. The van der Waals surface area contributed by atoms with Crippen LogP contribution in [0.1, 0.15) is 16.1 Å². The van der Waals surface area contributed by atoms with Crippen molar-refractivity contribution >= 4 is 45.3 Å². The van der Waals surface area contributed by atoms with E-state index in [0.29, 0.717) is 17.2 Å². The fourth-order valence-electron chi connectivity index (χ4n) is 2.58. The van der Waals surface area contributed by atoms with Crippen LogP contribution in [0.3, 0.4) is 0 Å². The van der Waals surface area contributed by atoms with Crippen molar-refractivity contribution in [3.05, 3.63) is 77.1 Å². The molecular weight excluding hydrogens is 545 g/mol. The van der Waals surface area contributed by atoms with Gasteiger partial charge in [0.15, 0.2) is 0 Å². The summed E-state index contributed by atoms with van der Waals surface area (Å²) >= 11 is 5.57. The number of hydrogen-bond donors (Lipinski definition) is 5. The summed E-state index contributed by atoms with van der Waals surface area (Å²) in [7, 11) is -3.18. The Morgan fingerprint density at radius 3 is 2.08 bits per heavy atom. The topological polar surface area (TPSA) is 167 Å². The zero-order valence-corrected chi connectivity index (χ0v) is 20.1. The predicted octanol–water partition coefficient (Wildman–Crippen LogP) is 4.90. The molecule has 0 unspecified atom stereocenters. The Hall–Kier alpha value is -3.92. The lowest BCUT2D eigenvalue weighted by Crippen LogP contribution is -2.19. The Kier molecular flexibility index (Phi) is 9.79. The highest BCUT2D eigenvalue weighted by atomic mass is 35.5. The molecule has 1 heterocycles. The average molecular weight is 563 g/mol. The summed E-state index contributed by atoms with van der Waals surface area (Å²) in [5, 5.41) is 6.83. The van der Waals surface area contributed by atoms with Gasteiger partial charge in [-0.3, -0.25) is 18.9 Å². The van der Waals surface area contributed by atoms with Gasteiger partial charge in [-0.1, -0.05) is 11.6 Å². The van der Waals surface area contributed by atoms with Crippen LogP contribution in [0.4, 0.5) is 29.3 Å². The number of ether oxygens (including phenoxy) is 1. The van der Waals surface area contributed by atoms with Crippen molar-refractivity contribution in [2.45, 2.75) is 6.18 Å². The van der Waals surface area contributed by atoms with Gasteiger partial charge in [0.25, 0.3) is 5.91 Å². The van der Waals surface area contributed by atoms with Crippen LogP contribution in [-0.4, -0.2) is 41.5 Å². The van der Waals surface area contributed by atoms with Crippen LogP contribution in [-0.2, 0) is 16.6 Å². The highest BCUT2D eigenvalue weighted by Crippen LogP contribution is 2.36. The highest BCUT2D eigenvalue weighted by Gasteiger charge is 2.33. The monoisotopic (exact) mass is 562 g/mol. The Morgan fingerprint density at radius 2 is 1.51 bits per heavy atom. The number of rotatable bonds is 5. The molecule has 198 valence electrons. The van der Waals surface area contributed by atoms with Gasteiger partial charge in [-0.2, -0.15) is 21.6 Å². The number of carbonyl (C=O) groups is 2. The van der Waals surface area contributed by atoms with Crippen LogP contribution in [0.25, 0.3) is 0 Å². The van der Waals surface area contributed by atoms with Gasteiger partial charge in [0, 0.05) is 30.7 Å². The molecule has 3 rings (SSSR count). The van der Waals surface area contributed by atoms with Crippen LogP contribution in [0.2, 0.25) is 5.02 Å². The zero-order chi connectivity index (χ0) is 27.8. The maximum Gasteiger partial charge on any atom is 0.417 e. The Balaban J connectivity index is 0.000000877. The van der Waals surface area contributed by atoms with Gasteiger partial charge in [-0.15, -0.1) is 0 Å². The van der Waals surface area contributed by atoms with Crippen molar-refractivity contribution < 1.29 is 45.0 Å². The van der Waals surface area contributed by atoms with Gasteiger partial charge >= 0.3 is 22.6 Å². The third kappa shape index (κ3) is 10.3. The fourth-order valence-corrected chi connectivity index (χ4v) is 2.81. The number of nitrogens with one attached hydrogen (secondary N) is 3. The molecule has 0 aliphatic heterocycles. The first-order valence-corrected chi connectivity index (χ1v) is 11.5. The predicted molar refractivity (Wildman–Crippen MR) is 127 cm³/mol. The van der Waals surface area contributed by atoms with Gasteiger partial charge in [0.2, 0.25) is 0 Å². The molecule has 3 amide bonds. The molecular formula is C21H18ClF3N4O7S. The molecule has 0 bridgehead atoms. The molecule has 5 N–H and O–H groups in total. The second-order valence-corrected chi connectivity index (χ2v) is 8.10. The minimum atomic E-state index is -4.67. The molecule has 37 heavy (non-hydrogen) atoms. The first-order chi connectivity index (χ1) is 17.2. The minimum absolute atomic E-state index is 0.0659. The van der Waals surface area contributed by atoms with Crippen molar-refractivity contribution in [1.82, 2.24) is 10.3 Å². The van der Waals surface area contributed by atoms with Crippen molar-refractivity contribution in [2.75, 3.05) is 17.7 Å². The third-order valence-electron chi connectivity index (χ3n) is 4.07. The molecule has 3 aromatic rings. The maximum atomic E-state index is 12.9. The van der Waals surface area contributed by atoms with Gasteiger partial charge in [-0.05, 0) is 48.5 Å². The minimum Gasteiger partial charge on any atom is -0.457 e. The Labute approximate surface area is 213 Å². The lowest BCUT2D eigenvalue weighted by atomic mass is 10.2. The van der Waals surface area contributed by atoms with E-state index in [1.165, 1.54) is 25.4 Å². The van der Waals surface area contributed by atoms with Gasteiger partial charge in [-0.25, -0.2) is 4.79 Å². The van der Waals surface area contributed by atoms with E-state index in [4.69, 9.17) is 33.9 Å².